The van der Waals surface area contributed by atoms with Gasteiger partial charge in [-0.15, -0.1) is 0 Å². The molecule has 0 spiro atoms. The standard InChI is InChI=1S/C29H40N2.C2H6/c1-7-30(8-2)25-16-18-27(22(5)20-25)29(24-14-12-11-13-15-24)28-19-17-26(21-23(28)6)31(9-3)10-4;1-2/h12,14-21,29H,7-11,13H2,1-6H3;1-2H3. The molecular formula is C31H46N2. The van der Waals surface area contributed by atoms with E-state index in [4.69, 9.17) is 0 Å². The SMILES string of the molecule is CC.CCN(CC)c1ccc(C(C2=CCCC=C2)c2ccc(N(CC)CC)cc2C)c(C)c1. The molecule has 0 saturated heterocycles. The molecule has 0 aliphatic heterocycles. The van der Waals surface area contributed by atoms with Gasteiger partial charge in [0.1, 0.15) is 0 Å². The van der Waals surface area contributed by atoms with Crippen LogP contribution in [0.15, 0.2) is 60.2 Å². The van der Waals surface area contributed by atoms with E-state index < -0.39 is 0 Å². The first-order valence-corrected chi connectivity index (χ1v) is 13.1. The molecule has 0 bridgehead atoms. The van der Waals surface area contributed by atoms with Crippen LogP contribution in [0.2, 0.25) is 0 Å². The van der Waals surface area contributed by atoms with Gasteiger partial charge in [-0.05, 0) is 106 Å². The number of aryl methyl sites for hydroxylation is 2. The summed E-state index contributed by atoms with van der Waals surface area (Å²) < 4.78 is 0. The van der Waals surface area contributed by atoms with E-state index in [1.807, 2.05) is 13.8 Å². The number of anilines is 2. The third-order valence-corrected chi connectivity index (χ3v) is 6.74. The lowest BCUT2D eigenvalue weighted by Crippen LogP contribution is -2.22. The van der Waals surface area contributed by atoms with Gasteiger partial charge < -0.3 is 9.80 Å². The number of benzene rings is 2. The quantitative estimate of drug-likeness (QED) is 0.381. The molecule has 0 N–H and O–H groups in total. The number of hydrogen-bond acceptors (Lipinski definition) is 2. The Morgan fingerprint density at radius 2 is 1.15 bits per heavy atom. The molecule has 0 fully saturated rings. The van der Waals surface area contributed by atoms with Crippen LogP contribution in [0.3, 0.4) is 0 Å². The van der Waals surface area contributed by atoms with Gasteiger partial charge in [-0.2, -0.15) is 0 Å². The molecule has 0 saturated carbocycles. The summed E-state index contributed by atoms with van der Waals surface area (Å²) in [5.41, 5.74) is 9.69. The lowest BCUT2D eigenvalue weighted by Gasteiger charge is -2.28. The molecule has 0 amide bonds. The summed E-state index contributed by atoms with van der Waals surface area (Å²) in [5, 5.41) is 0. The highest BCUT2D eigenvalue weighted by molar-refractivity contribution is 5.59. The van der Waals surface area contributed by atoms with E-state index in [1.165, 1.54) is 39.2 Å². The van der Waals surface area contributed by atoms with Crippen molar-refractivity contribution in [1.29, 1.82) is 0 Å². The molecule has 0 atom stereocenters. The van der Waals surface area contributed by atoms with Crippen molar-refractivity contribution in [3.05, 3.63) is 82.5 Å². The number of hydrogen-bond donors (Lipinski definition) is 0. The molecule has 3 rings (SSSR count). The molecule has 180 valence electrons. The summed E-state index contributed by atoms with van der Waals surface area (Å²) in [4.78, 5) is 4.85. The highest BCUT2D eigenvalue weighted by Crippen LogP contribution is 2.39. The molecular weight excluding hydrogens is 400 g/mol. The molecule has 2 aromatic carbocycles. The summed E-state index contributed by atoms with van der Waals surface area (Å²) in [7, 11) is 0. The largest absolute Gasteiger partial charge is 0.372 e. The molecule has 1 aliphatic carbocycles. The van der Waals surface area contributed by atoms with Crippen molar-refractivity contribution in [2.45, 2.75) is 74.1 Å². The summed E-state index contributed by atoms with van der Waals surface area (Å²) >= 11 is 0. The highest BCUT2D eigenvalue weighted by Gasteiger charge is 2.23. The number of rotatable bonds is 9. The van der Waals surface area contributed by atoms with E-state index in [0.717, 1.165) is 39.0 Å². The van der Waals surface area contributed by atoms with Crippen LogP contribution in [-0.2, 0) is 0 Å². The van der Waals surface area contributed by atoms with Crippen molar-refractivity contribution >= 4 is 11.4 Å². The predicted molar refractivity (Wildman–Crippen MR) is 149 cm³/mol. The summed E-state index contributed by atoms with van der Waals surface area (Å²) in [6.45, 7) is 21.6. The van der Waals surface area contributed by atoms with Gasteiger partial charge in [-0.3, -0.25) is 0 Å². The Morgan fingerprint density at radius 3 is 1.48 bits per heavy atom. The van der Waals surface area contributed by atoms with Crippen LogP contribution in [0.4, 0.5) is 11.4 Å². The molecule has 33 heavy (non-hydrogen) atoms. The first-order valence-electron chi connectivity index (χ1n) is 13.1. The third kappa shape index (κ3) is 6.31. The topological polar surface area (TPSA) is 6.48 Å². The normalized spacial score (nSPS) is 12.8. The fourth-order valence-corrected chi connectivity index (χ4v) is 4.91. The van der Waals surface area contributed by atoms with Crippen molar-refractivity contribution in [1.82, 2.24) is 0 Å². The van der Waals surface area contributed by atoms with Crippen LogP contribution < -0.4 is 9.80 Å². The van der Waals surface area contributed by atoms with Crippen molar-refractivity contribution in [2.75, 3.05) is 36.0 Å². The second-order valence-electron chi connectivity index (χ2n) is 8.54. The van der Waals surface area contributed by atoms with E-state index in [0.29, 0.717) is 0 Å². The fraction of sp³-hybridized carbons (Fsp3) is 0.484. The van der Waals surface area contributed by atoms with E-state index in [2.05, 4.69) is 106 Å². The molecule has 0 radical (unpaired) electrons. The first-order chi connectivity index (χ1) is 16.0. The zero-order valence-electron chi connectivity index (χ0n) is 22.4. The van der Waals surface area contributed by atoms with Crippen molar-refractivity contribution < 1.29 is 0 Å². The van der Waals surface area contributed by atoms with Crippen LogP contribution in [0.5, 0.6) is 0 Å². The lowest BCUT2D eigenvalue weighted by molar-refractivity contribution is 0.857. The van der Waals surface area contributed by atoms with E-state index in [9.17, 15) is 0 Å². The van der Waals surface area contributed by atoms with Gasteiger partial charge >= 0.3 is 0 Å². The van der Waals surface area contributed by atoms with Gasteiger partial charge in [0.25, 0.3) is 0 Å². The van der Waals surface area contributed by atoms with Crippen molar-refractivity contribution in [3.8, 4) is 0 Å². The Balaban J connectivity index is 0.00000187. The molecule has 0 unspecified atom stereocenters. The van der Waals surface area contributed by atoms with Gasteiger partial charge in [0, 0.05) is 43.5 Å². The third-order valence-electron chi connectivity index (χ3n) is 6.74. The maximum atomic E-state index is 2.44. The van der Waals surface area contributed by atoms with Gasteiger partial charge in [0.2, 0.25) is 0 Å². The van der Waals surface area contributed by atoms with E-state index in [-0.39, 0.29) is 5.92 Å². The first kappa shape index (κ1) is 26.8. The smallest absolute Gasteiger partial charge is 0.0368 e. The van der Waals surface area contributed by atoms with Crippen molar-refractivity contribution in [2.24, 2.45) is 0 Å². The van der Waals surface area contributed by atoms with Crippen LogP contribution in [0.25, 0.3) is 0 Å². The van der Waals surface area contributed by atoms with Gasteiger partial charge in [0.15, 0.2) is 0 Å². The second-order valence-corrected chi connectivity index (χ2v) is 8.54. The maximum Gasteiger partial charge on any atom is 0.0368 e. The summed E-state index contributed by atoms with van der Waals surface area (Å²) in [5.74, 6) is 0.285. The molecule has 2 nitrogen and oxygen atoms in total. The van der Waals surface area contributed by atoms with Crippen molar-refractivity contribution in [3.63, 3.8) is 0 Å². The van der Waals surface area contributed by atoms with Crippen LogP contribution in [0.1, 0.15) is 82.6 Å². The molecule has 2 aromatic rings. The Bertz CT molecular complexity index is 868. The highest BCUT2D eigenvalue weighted by atomic mass is 15.1. The minimum atomic E-state index is 0.285. The molecule has 2 heteroatoms. The van der Waals surface area contributed by atoms with Gasteiger partial charge in [-0.1, -0.05) is 44.2 Å². The second kappa shape index (κ2) is 13.3. The zero-order valence-corrected chi connectivity index (χ0v) is 22.4. The zero-order chi connectivity index (χ0) is 24.4. The monoisotopic (exact) mass is 446 g/mol. The van der Waals surface area contributed by atoms with E-state index in [1.54, 1.807) is 0 Å². The average molecular weight is 447 g/mol. The molecule has 0 heterocycles. The summed E-state index contributed by atoms with van der Waals surface area (Å²) in [6.07, 6.45) is 9.41. The average Bonchev–Trinajstić information content (AvgIpc) is 2.85. The van der Waals surface area contributed by atoms with Crippen LogP contribution in [-0.4, -0.2) is 26.2 Å². The Labute approximate surface area is 204 Å². The fourth-order valence-electron chi connectivity index (χ4n) is 4.91. The minimum absolute atomic E-state index is 0.285. The Hall–Kier alpha value is -2.48. The Kier molecular flexibility index (Phi) is 10.8. The molecule has 1 aliphatic rings. The van der Waals surface area contributed by atoms with Crippen LogP contribution >= 0.6 is 0 Å². The summed E-state index contributed by atoms with van der Waals surface area (Å²) in [6, 6.07) is 14.1. The van der Waals surface area contributed by atoms with Gasteiger partial charge in [-0.25, -0.2) is 0 Å². The lowest BCUT2D eigenvalue weighted by atomic mass is 9.79. The number of nitrogens with zero attached hydrogens (tertiary/aromatic N) is 2. The Morgan fingerprint density at radius 1 is 0.697 bits per heavy atom. The maximum absolute atomic E-state index is 2.44. The van der Waals surface area contributed by atoms with E-state index >= 15 is 0 Å². The van der Waals surface area contributed by atoms with Crippen LogP contribution in [0, 0.1) is 13.8 Å². The predicted octanol–water partition coefficient (Wildman–Crippen LogP) is 8.43. The van der Waals surface area contributed by atoms with Gasteiger partial charge in [0.05, 0.1) is 0 Å². The molecule has 0 aromatic heterocycles. The number of allylic oxidation sites excluding steroid dienone is 4. The minimum Gasteiger partial charge on any atom is -0.372 e.